The van der Waals surface area contributed by atoms with Crippen LogP contribution in [0.2, 0.25) is 5.02 Å². The van der Waals surface area contributed by atoms with Crippen LogP contribution in [0, 0.1) is 0 Å². The third-order valence-electron chi connectivity index (χ3n) is 2.84. The van der Waals surface area contributed by atoms with Crippen molar-refractivity contribution in [2.24, 2.45) is 0 Å². The maximum absolute atomic E-state index is 6.09. The Morgan fingerprint density at radius 2 is 2.05 bits per heavy atom. The van der Waals surface area contributed by atoms with E-state index in [1.54, 1.807) is 7.11 Å². The lowest BCUT2D eigenvalue weighted by Crippen LogP contribution is -2.27. The Labute approximate surface area is 121 Å². The lowest BCUT2D eigenvalue weighted by molar-refractivity contribution is 0.111. The topological polar surface area (TPSA) is 30.5 Å². The second kappa shape index (κ2) is 9.18. The molecule has 0 amide bonds. The number of methoxy groups -OCH3 is 1. The zero-order chi connectivity index (χ0) is 14.1. The molecule has 0 aliphatic rings. The molecule has 4 heteroatoms. The zero-order valence-corrected chi connectivity index (χ0v) is 12.8. The summed E-state index contributed by atoms with van der Waals surface area (Å²) in [6.45, 7) is 6.59. The second-order valence-electron chi connectivity index (χ2n) is 4.47. The quantitative estimate of drug-likeness (QED) is 0.700. The van der Waals surface area contributed by atoms with E-state index in [1.165, 1.54) is 0 Å². The van der Waals surface area contributed by atoms with Gasteiger partial charge in [0, 0.05) is 17.2 Å². The van der Waals surface area contributed by atoms with E-state index < -0.39 is 0 Å². The molecule has 0 bridgehead atoms. The van der Waals surface area contributed by atoms with Crippen LogP contribution < -0.4 is 10.1 Å². The molecule has 0 radical (unpaired) electrons. The number of rotatable bonds is 9. The summed E-state index contributed by atoms with van der Waals surface area (Å²) in [5.41, 5.74) is 1.06. The lowest BCUT2D eigenvalue weighted by Gasteiger charge is -2.21. The average Bonchev–Trinajstić information content (AvgIpc) is 2.42. The molecule has 0 saturated carbocycles. The Morgan fingerprint density at radius 3 is 2.68 bits per heavy atom. The molecular formula is C15H24ClNO2. The van der Waals surface area contributed by atoms with Gasteiger partial charge in [0.2, 0.25) is 0 Å². The normalized spacial score (nSPS) is 12.4. The minimum atomic E-state index is 0.111. The van der Waals surface area contributed by atoms with Crippen molar-refractivity contribution < 1.29 is 9.47 Å². The lowest BCUT2D eigenvalue weighted by atomic mass is 10.1. The molecule has 0 heterocycles. The van der Waals surface area contributed by atoms with Gasteiger partial charge < -0.3 is 14.8 Å². The van der Waals surface area contributed by atoms with E-state index in [-0.39, 0.29) is 6.04 Å². The van der Waals surface area contributed by atoms with Crippen molar-refractivity contribution in [3.05, 3.63) is 28.8 Å². The molecule has 1 N–H and O–H groups in total. The SMILES string of the molecule is CCCNC(COCCC)c1cc(Cl)ccc1OC. The minimum absolute atomic E-state index is 0.111. The van der Waals surface area contributed by atoms with Crippen LogP contribution in [0.3, 0.4) is 0 Å². The van der Waals surface area contributed by atoms with Crippen LogP contribution in [-0.2, 0) is 4.74 Å². The van der Waals surface area contributed by atoms with Crippen molar-refractivity contribution >= 4 is 11.6 Å². The number of ether oxygens (including phenoxy) is 2. The highest BCUT2D eigenvalue weighted by Gasteiger charge is 2.16. The second-order valence-corrected chi connectivity index (χ2v) is 4.90. The Hall–Kier alpha value is -0.770. The summed E-state index contributed by atoms with van der Waals surface area (Å²) in [7, 11) is 1.68. The van der Waals surface area contributed by atoms with Gasteiger partial charge in [0.15, 0.2) is 0 Å². The molecular weight excluding hydrogens is 262 g/mol. The van der Waals surface area contributed by atoms with Gasteiger partial charge in [-0.05, 0) is 37.6 Å². The van der Waals surface area contributed by atoms with E-state index in [9.17, 15) is 0 Å². The summed E-state index contributed by atoms with van der Waals surface area (Å²) < 4.78 is 11.1. The van der Waals surface area contributed by atoms with Crippen LogP contribution in [0.1, 0.15) is 38.3 Å². The third-order valence-corrected chi connectivity index (χ3v) is 3.08. The first-order valence-corrected chi connectivity index (χ1v) is 7.25. The molecule has 3 nitrogen and oxygen atoms in total. The first-order valence-electron chi connectivity index (χ1n) is 6.87. The smallest absolute Gasteiger partial charge is 0.123 e. The summed E-state index contributed by atoms with van der Waals surface area (Å²) >= 11 is 6.09. The fourth-order valence-corrected chi connectivity index (χ4v) is 2.08. The number of benzene rings is 1. The minimum Gasteiger partial charge on any atom is -0.496 e. The van der Waals surface area contributed by atoms with E-state index in [2.05, 4.69) is 19.2 Å². The zero-order valence-electron chi connectivity index (χ0n) is 12.0. The van der Waals surface area contributed by atoms with Crippen molar-refractivity contribution in [1.29, 1.82) is 0 Å². The summed E-state index contributed by atoms with van der Waals surface area (Å²) in [4.78, 5) is 0. The van der Waals surface area contributed by atoms with Crippen molar-refractivity contribution in [3.63, 3.8) is 0 Å². The molecule has 0 aliphatic carbocycles. The maximum Gasteiger partial charge on any atom is 0.123 e. The van der Waals surface area contributed by atoms with Gasteiger partial charge in [-0.3, -0.25) is 0 Å². The van der Waals surface area contributed by atoms with Crippen LogP contribution in [0.15, 0.2) is 18.2 Å². The van der Waals surface area contributed by atoms with E-state index in [0.717, 1.165) is 42.3 Å². The summed E-state index contributed by atoms with van der Waals surface area (Å²) in [6, 6.07) is 5.80. The molecule has 0 aliphatic heterocycles. The monoisotopic (exact) mass is 285 g/mol. The summed E-state index contributed by atoms with van der Waals surface area (Å²) in [6.07, 6.45) is 2.10. The number of nitrogens with one attached hydrogen (secondary N) is 1. The molecule has 1 aromatic carbocycles. The van der Waals surface area contributed by atoms with E-state index in [0.29, 0.717) is 6.61 Å². The molecule has 19 heavy (non-hydrogen) atoms. The highest BCUT2D eigenvalue weighted by Crippen LogP contribution is 2.28. The van der Waals surface area contributed by atoms with Crippen LogP contribution in [0.5, 0.6) is 5.75 Å². The predicted octanol–water partition coefficient (Wildman–Crippen LogP) is 3.82. The fourth-order valence-electron chi connectivity index (χ4n) is 1.90. The van der Waals surface area contributed by atoms with Gasteiger partial charge in [-0.2, -0.15) is 0 Å². The molecule has 0 fully saturated rings. The van der Waals surface area contributed by atoms with Crippen molar-refractivity contribution in [1.82, 2.24) is 5.32 Å². The fraction of sp³-hybridized carbons (Fsp3) is 0.600. The number of hydrogen-bond acceptors (Lipinski definition) is 3. The van der Waals surface area contributed by atoms with Gasteiger partial charge in [-0.15, -0.1) is 0 Å². The van der Waals surface area contributed by atoms with Gasteiger partial charge in [0.05, 0.1) is 19.8 Å². The van der Waals surface area contributed by atoms with Crippen molar-refractivity contribution in [3.8, 4) is 5.75 Å². The molecule has 1 atom stereocenters. The van der Waals surface area contributed by atoms with Gasteiger partial charge in [-0.1, -0.05) is 25.4 Å². The first-order chi connectivity index (χ1) is 9.22. The van der Waals surface area contributed by atoms with Crippen molar-refractivity contribution in [2.45, 2.75) is 32.7 Å². The molecule has 108 valence electrons. The van der Waals surface area contributed by atoms with Crippen LogP contribution in [-0.4, -0.2) is 26.9 Å². The predicted molar refractivity (Wildman–Crippen MR) is 80.1 cm³/mol. The van der Waals surface area contributed by atoms with Gasteiger partial charge in [0.25, 0.3) is 0 Å². The Morgan fingerprint density at radius 1 is 1.26 bits per heavy atom. The molecule has 0 aromatic heterocycles. The summed E-state index contributed by atoms with van der Waals surface area (Å²) in [5, 5.41) is 4.20. The van der Waals surface area contributed by atoms with E-state index in [1.807, 2.05) is 18.2 Å². The van der Waals surface area contributed by atoms with Gasteiger partial charge in [-0.25, -0.2) is 0 Å². The Kier molecular flexibility index (Phi) is 7.87. The highest BCUT2D eigenvalue weighted by atomic mass is 35.5. The van der Waals surface area contributed by atoms with Crippen LogP contribution in [0.4, 0.5) is 0 Å². The van der Waals surface area contributed by atoms with Gasteiger partial charge >= 0.3 is 0 Å². The third kappa shape index (κ3) is 5.39. The van der Waals surface area contributed by atoms with E-state index in [4.69, 9.17) is 21.1 Å². The van der Waals surface area contributed by atoms with Gasteiger partial charge in [0.1, 0.15) is 5.75 Å². The van der Waals surface area contributed by atoms with Crippen LogP contribution in [0.25, 0.3) is 0 Å². The molecule has 1 aromatic rings. The average molecular weight is 286 g/mol. The molecule has 0 saturated heterocycles. The first kappa shape index (κ1) is 16.3. The standard InChI is InChI=1S/C15H24ClNO2/c1-4-8-17-14(11-19-9-5-2)13-10-12(16)6-7-15(13)18-3/h6-7,10,14,17H,4-5,8-9,11H2,1-3H3. The van der Waals surface area contributed by atoms with Crippen molar-refractivity contribution in [2.75, 3.05) is 26.9 Å². The molecule has 0 spiro atoms. The van der Waals surface area contributed by atoms with Crippen LogP contribution >= 0.6 is 11.6 Å². The Bertz CT molecular complexity index is 371. The maximum atomic E-state index is 6.09. The largest absolute Gasteiger partial charge is 0.496 e. The number of halogens is 1. The number of hydrogen-bond donors (Lipinski definition) is 1. The highest BCUT2D eigenvalue weighted by molar-refractivity contribution is 6.30. The Balaban J connectivity index is 2.84. The molecule has 1 rings (SSSR count). The molecule has 1 unspecified atom stereocenters. The van der Waals surface area contributed by atoms with E-state index >= 15 is 0 Å². The summed E-state index contributed by atoms with van der Waals surface area (Å²) in [5.74, 6) is 0.845.